The van der Waals surface area contributed by atoms with Crippen molar-refractivity contribution in [1.82, 2.24) is 0 Å². The van der Waals surface area contributed by atoms with Gasteiger partial charge < -0.3 is 20.5 Å². The fraction of sp³-hybridized carbons (Fsp3) is 0.240. The molecular weight excluding hydrogens is 433 g/mol. The minimum atomic E-state index is -4.59. The zero-order valence-electron chi connectivity index (χ0n) is 17.5. The minimum Gasteiger partial charge on any atom is -0.454 e. The Balaban J connectivity index is 0.00000274. The molecule has 0 aromatic heterocycles. The normalized spacial score (nSPS) is 15.9. The highest BCUT2D eigenvalue weighted by Gasteiger charge is 2.51. The first-order valence-corrected chi connectivity index (χ1v) is 10.5. The van der Waals surface area contributed by atoms with Crippen molar-refractivity contribution >= 4 is 11.6 Å². The Morgan fingerprint density at radius 1 is 1.03 bits per heavy atom. The van der Waals surface area contributed by atoms with Crippen LogP contribution in [0.3, 0.4) is 0 Å². The molecule has 0 saturated heterocycles. The van der Waals surface area contributed by atoms with Crippen molar-refractivity contribution in [2.24, 2.45) is 5.73 Å². The van der Waals surface area contributed by atoms with Gasteiger partial charge in [-0.05, 0) is 65.4 Å². The zero-order chi connectivity index (χ0) is 23.2. The number of benzene rings is 3. The molecule has 0 spiro atoms. The lowest BCUT2D eigenvalue weighted by atomic mass is 9.94. The molecule has 1 amide bonds. The smallest absolute Gasteiger partial charge is 0.417 e. The molecule has 0 unspecified atom stereocenters. The van der Waals surface area contributed by atoms with E-state index in [4.69, 9.17) is 15.2 Å². The predicted octanol–water partition coefficient (Wildman–Crippen LogP) is 5.48. The van der Waals surface area contributed by atoms with E-state index in [0.29, 0.717) is 29.9 Å². The number of rotatable bonds is 5. The van der Waals surface area contributed by atoms with Crippen molar-refractivity contribution in [3.8, 4) is 22.6 Å². The maximum Gasteiger partial charge on any atom is 0.417 e. The van der Waals surface area contributed by atoms with Crippen LogP contribution in [0.5, 0.6) is 11.5 Å². The molecule has 1 aliphatic carbocycles. The maximum absolute atomic E-state index is 13.9. The second kappa shape index (κ2) is 7.81. The number of fused-ring (bicyclic) bond motifs is 1. The topological polar surface area (TPSA) is 73.6 Å². The van der Waals surface area contributed by atoms with E-state index in [1.807, 2.05) is 0 Å². The van der Waals surface area contributed by atoms with Crippen LogP contribution < -0.4 is 20.5 Å². The number of nitrogens with two attached hydrogens (primary N) is 1. The van der Waals surface area contributed by atoms with Gasteiger partial charge in [-0.25, -0.2) is 0 Å². The van der Waals surface area contributed by atoms with Crippen LogP contribution in [-0.2, 0) is 22.9 Å². The first-order valence-electron chi connectivity index (χ1n) is 10.5. The van der Waals surface area contributed by atoms with Crippen LogP contribution in [0.25, 0.3) is 11.1 Å². The van der Waals surface area contributed by atoms with Crippen LogP contribution in [0.4, 0.5) is 18.9 Å². The Morgan fingerprint density at radius 3 is 2.55 bits per heavy atom. The van der Waals surface area contributed by atoms with Gasteiger partial charge in [0, 0.05) is 13.7 Å². The summed E-state index contributed by atoms with van der Waals surface area (Å²) >= 11 is 0. The number of ether oxygens (including phenoxy) is 2. The van der Waals surface area contributed by atoms with Crippen molar-refractivity contribution in [1.29, 1.82) is 0 Å². The van der Waals surface area contributed by atoms with Crippen LogP contribution in [0.15, 0.2) is 60.7 Å². The van der Waals surface area contributed by atoms with Crippen LogP contribution in [-0.4, -0.2) is 12.7 Å². The molecule has 0 atom stereocenters. The van der Waals surface area contributed by atoms with Crippen LogP contribution >= 0.6 is 0 Å². The number of hydrogen-bond acceptors (Lipinski definition) is 4. The van der Waals surface area contributed by atoms with Gasteiger partial charge in [0.05, 0.1) is 11.0 Å². The number of carbonyl (C=O) groups is 1. The molecule has 0 bridgehead atoms. The van der Waals surface area contributed by atoms with E-state index in [1.54, 1.807) is 42.5 Å². The molecule has 3 N–H and O–H groups in total. The van der Waals surface area contributed by atoms with E-state index in [1.165, 1.54) is 12.1 Å². The number of alkyl halides is 3. The minimum absolute atomic E-state index is 0. The molecule has 0 radical (unpaired) electrons. The average molecular weight is 456 g/mol. The van der Waals surface area contributed by atoms with Gasteiger partial charge >= 0.3 is 6.18 Å². The Hall–Kier alpha value is -3.52. The van der Waals surface area contributed by atoms with E-state index in [-0.39, 0.29) is 31.9 Å². The summed E-state index contributed by atoms with van der Waals surface area (Å²) in [4.78, 5) is 13.1. The maximum atomic E-state index is 13.9. The summed E-state index contributed by atoms with van der Waals surface area (Å²) in [5, 5.41) is 2.69. The molecule has 3 aromatic carbocycles. The average Bonchev–Trinajstić information content (AvgIpc) is 3.49. The first-order chi connectivity index (χ1) is 15.8. The van der Waals surface area contributed by atoms with Crippen LogP contribution in [0, 0.1) is 0 Å². The number of anilines is 1. The number of halogens is 3. The van der Waals surface area contributed by atoms with E-state index >= 15 is 0 Å². The standard InChI is InChI=1S/C25H21F3N2O3.H2/c26-25(27,28)20-12-18(5-6-19(20)16-3-1-2-15(10-16)13-29)30-23(31)24(8-9-24)17-4-7-21-22(11-17)33-14-32-21;/h1-7,10-12H,8-9,13-14,29H2,(H,30,31);1H. The number of carbonyl (C=O) groups excluding carboxylic acids is 1. The fourth-order valence-corrected chi connectivity index (χ4v) is 4.19. The molecule has 3 aromatic rings. The largest absolute Gasteiger partial charge is 0.454 e. The van der Waals surface area contributed by atoms with Gasteiger partial charge in [-0.1, -0.05) is 30.3 Å². The summed E-state index contributed by atoms with van der Waals surface area (Å²) in [6, 6.07) is 15.9. The summed E-state index contributed by atoms with van der Waals surface area (Å²) in [6.07, 6.45) is -3.38. The third kappa shape index (κ3) is 3.91. The Labute approximate surface area is 189 Å². The number of nitrogens with one attached hydrogen (secondary N) is 1. The molecular formula is C25H23F3N2O3. The molecule has 1 heterocycles. The summed E-state index contributed by atoms with van der Waals surface area (Å²) in [6.45, 7) is 0.351. The summed E-state index contributed by atoms with van der Waals surface area (Å²) in [7, 11) is 0. The summed E-state index contributed by atoms with van der Waals surface area (Å²) in [5.41, 5.74) is 6.08. The third-order valence-electron chi connectivity index (χ3n) is 6.17. The fourth-order valence-electron chi connectivity index (χ4n) is 4.19. The Morgan fingerprint density at radius 2 is 1.82 bits per heavy atom. The lowest BCUT2D eigenvalue weighted by Gasteiger charge is -2.19. The van der Waals surface area contributed by atoms with Crippen LogP contribution in [0.1, 0.15) is 31.0 Å². The van der Waals surface area contributed by atoms with Crippen LogP contribution in [0.2, 0.25) is 0 Å². The van der Waals surface area contributed by atoms with Crippen molar-refractivity contribution in [2.75, 3.05) is 12.1 Å². The van der Waals surface area contributed by atoms with E-state index in [2.05, 4.69) is 5.32 Å². The third-order valence-corrected chi connectivity index (χ3v) is 6.17. The number of hydrogen-bond donors (Lipinski definition) is 2. The Kier molecular flexibility index (Phi) is 5.05. The summed E-state index contributed by atoms with van der Waals surface area (Å²) < 4.78 is 52.4. The quantitative estimate of drug-likeness (QED) is 0.534. The van der Waals surface area contributed by atoms with Gasteiger partial charge in [0.1, 0.15) is 0 Å². The molecule has 172 valence electrons. The SMILES string of the molecule is NCc1cccc(-c2ccc(NC(=O)C3(c4ccc5c(c4)OCO5)CC3)cc2C(F)(F)F)c1.[HH]. The molecule has 5 nitrogen and oxygen atoms in total. The lowest BCUT2D eigenvalue weighted by Crippen LogP contribution is -2.28. The highest BCUT2D eigenvalue weighted by Crippen LogP contribution is 2.51. The van der Waals surface area contributed by atoms with Gasteiger partial charge in [-0.3, -0.25) is 4.79 Å². The molecule has 5 rings (SSSR count). The van der Waals surface area contributed by atoms with Gasteiger partial charge in [0.25, 0.3) is 0 Å². The zero-order valence-corrected chi connectivity index (χ0v) is 17.5. The van der Waals surface area contributed by atoms with Crippen molar-refractivity contribution in [2.45, 2.75) is 31.0 Å². The van der Waals surface area contributed by atoms with Gasteiger partial charge in [0.2, 0.25) is 12.7 Å². The van der Waals surface area contributed by atoms with E-state index in [9.17, 15) is 18.0 Å². The molecule has 8 heteroatoms. The monoisotopic (exact) mass is 456 g/mol. The van der Waals surface area contributed by atoms with Gasteiger partial charge in [-0.2, -0.15) is 13.2 Å². The van der Waals surface area contributed by atoms with E-state index < -0.39 is 17.2 Å². The Bertz CT molecular complexity index is 1240. The lowest BCUT2D eigenvalue weighted by molar-refractivity contribution is -0.137. The summed E-state index contributed by atoms with van der Waals surface area (Å²) in [5.74, 6) is 0.835. The second-order valence-corrected chi connectivity index (χ2v) is 8.27. The molecule has 2 aliphatic rings. The highest BCUT2D eigenvalue weighted by atomic mass is 19.4. The van der Waals surface area contributed by atoms with Gasteiger partial charge in [0.15, 0.2) is 11.5 Å². The first kappa shape index (κ1) is 21.3. The van der Waals surface area contributed by atoms with Crippen molar-refractivity contribution in [3.63, 3.8) is 0 Å². The number of amides is 1. The van der Waals surface area contributed by atoms with E-state index in [0.717, 1.165) is 17.2 Å². The second-order valence-electron chi connectivity index (χ2n) is 8.27. The molecule has 1 fully saturated rings. The molecule has 33 heavy (non-hydrogen) atoms. The molecule has 1 aliphatic heterocycles. The van der Waals surface area contributed by atoms with Gasteiger partial charge in [-0.15, -0.1) is 0 Å². The van der Waals surface area contributed by atoms with Crippen molar-refractivity contribution < 1.29 is 28.9 Å². The van der Waals surface area contributed by atoms with Crippen molar-refractivity contribution in [3.05, 3.63) is 77.4 Å². The predicted molar refractivity (Wildman–Crippen MR) is 119 cm³/mol. The molecule has 1 saturated carbocycles. The highest BCUT2D eigenvalue weighted by molar-refractivity contribution is 6.01.